The minimum Gasteiger partial charge on any atom is -0.0882 e. The monoisotopic (exact) mass is 136 g/mol. The minimum atomic E-state index is 1.07. The molecule has 0 aromatic carbocycles. The van der Waals surface area contributed by atoms with Crippen LogP contribution in [-0.4, -0.2) is 0 Å². The van der Waals surface area contributed by atoms with Crippen molar-refractivity contribution >= 4 is 0 Å². The Balaban J connectivity index is 2.01. The van der Waals surface area contributed by atoms with Crippen LogP contribution in [0.5, 0.6) is 0 Å². The molecule has 2 aliphatic rings. The number of fused-ring (bicyclic) bond motifs is 1. The van der Waals surface area contributed by atoms with Gasteiger partial charge in [0.05, 0.1) is 0 Å². The Kier molecular flexibility index (Phi) is 1.79. The van der Waals surface area contributed by atoms with Crippen LogP contribution < -0.4 is 0 Å². The maximum Gasteiger partial charge on any atom is -0.0319 e. The summed E-state index contributed by atoms with van der Waals surface area (Å²) < 4.78 is 0. The van der Waals surface area contributed by atoms with E-state index in [1.54, 1.807) is 0 Å². The number of allylic oxidation sites excluding steroid dienone is 2. The zero-order valence-electron chi connectivity index (χ0n) is 6.55. The fraction of sp³-hybridized carbons (Fsp3) is 0.800. The molecule has 0 spiro atoms. The maximum atomic E-state index is 2.38. The van der Waals surface area contributed by atoms with Gasteiger partial charge in [0, 0.05) is 0 Å². The third kappa shape index (κ3) is 1.12. The summed E-state index contributed by atoms with van der Waals surface area (Å²) in [5.41, 5.74) is 0. The lowest BCUT2D eigenvalue weighted by molar-refractivity contribution is 0.231. The Morgan fingerprint density at radius 1 is 0.800 bits per heavy atom. The van der Waals surface area contributed by atoms with Crippen LogP contribution in [0.2, 0.25) is 0 Å². The summed E-state index contributed by atoms with van der Waals surface area (Å²) in [6.45, 7) is 0. The number of hydrogen-bond donors (Lipinski definition) is 0. The van der Waals surface area contributed by atoms with Gasteiger partial charge in [-0.1, -0.05) is 25.0 Å². The normalized spacial score (nSPS) is 39.2. The predicted molar refractivity (Wildman–Crippen MR) is 43.8 cm³/mol. The summed E-state index contributed by atoms with van der Waals surface area (Å²) >= 11 is 0. The van der Waals surface area contributed by atoms with Crippen LogP contribution in [0.4, 0.5) is 0 Å². The second-order valence-corrected chi connectivity index (χ2v) is 3.75. The van der Waals surface area contributed by atoms with Crippen molar-refractivity contribution < 1.29 is 0 Å². The van der Waals surface area contributed by atoms with Gasteiger partial charge in [0.15, 0.2) is 0 Å². The lowest BCUT2D eigenvalue weighted by atomic mass is 9.73. The first-order chi connectivity index (χ1) is 4.97. The van der Waals surface area contributed by atoms with Crippen molar-refractivity contribution in [2.45, 2.75) is 38.5 Å². The lowest BCUT2D eigenvalue weighted by Crippen LogP contribution is -2.20. The highest BCUT2D eigenvalue weighted by Gasteiger charge is 2.24. The molecule has 2 atom stereocenters. The fourth-order valence-corrected chi connectivity index (χ4v) is 2.45. The molecule has 0 heteroatoms. The van der Waals surface area contributed by atoms with E-state index in [0.29, 0.717) is 0 Å². The van der Waals surface area contributed by atoms with Crippen LogP contribution in [0.1, 0.15) is 38.5 Å². The summed E-state index contributed by atoms with van der Waals surface area (Å²) in [6.07, 6.45) is 13.5. The lowest BCUT2D eigenvalue weighted by Gasteiger charge is -2.32. The third-order valence-electron chi connectivity index (χ3n) is 3.11. The van der Waals surface area contributed by atoms with E-state index >= 15 is 0 Å². The van der Waals surface area contributed by atoms with E-state index in [0.717, 1.165) is 11.8 Å². The molecule has 2 rings (SSSR count). The van der Waals surface area contributed by atoms with Crippen molar-refractivity contribution in [2.24, 2.45) is 11.8 Å². The fourth-order valence-electron chi connectivity index (χ4n) is 2.45. The summed E-state index contributed by atoms with van der Waals surface area (Å²) in [5.74, 6) is 2.14. The summed E-state index contributed by atoms with van der Waals surface area (Å²) in [5, 5.41) is 0. The molecule has 0 nitrogen and oxygen atoms in total. The molecule has 2 aliphatic carbocycles. The molecular weight excluding hydrogens is 120 g/mol. The highest BCUT2D eigenvalue weighted by molar-refractivity contribution is 4.95. The van der Waals surface area contributed by atoms with Crippen molar-refractivity contribution in [3.63, 3.8) is 0 Å². The Hall–Kier alpha value is -0.260. The van der Waals surface area contributed by atoms with E-state index in [-0.39, 0.29) is 0 Å². The molecular formula is C10H16. The van der Waals surface area contributed by atoms with Crippen LogP contribution in [0.3, 0.4) is 0 Å². The first-order valence-corrected chi connectivity index (χ1v) is 4.62. The van der Waals surface area contributed by atoms with Crippen LogP contribution in [0.15, 0.2) is 12.2 Å². The van der Waals surface area contributed by atoms with Gasteiger partial charge in [-0.25, -0.2) is 0 Å². The second-order valence-electron chi connectivity index (χ2n) is 3.75. The molecule has 0 amide bonds. The first-order valence-electron chi connectivity index (χ1n) is 4.62. The second kappa shape index (κ2) is 2.77. The zero-order valence-corrected chi connectivity index (χ0v) is 6.55. The summed E-state index contributed by atoms with van der Waals surface area (Å²) in [6, 6.07) is 0. The van der Waals surface area contributed by atoms with Gasteiger partial charge in [-0.2, -0.15) is 0 Å². The minimum absolute atomic E-state index is 1.07. The molecule has 0 radical (unpaired) electrons. The molecule has 0 aromatic heterocycles. The van der Waals surface area contributed by atoms with Gasteiger partial charge in [0.25, 0.3) is 0 Å². The molecule has 0 bridgehead atoms. The molecule has 0 unspecified atom stereocenters. The van der Waals surface area contributed by atoms with Gasteiger partial charge in [0.2, 0.25) is 0 Å². The van der Waals surface area contributed by atoms with Crippen LogP contribution in [0, 0.1) is 11.8 Å². The van der Waals surface area contributed by atoms with Crippen molar-refractivity contribution in [1.29, 1.82) is 0 Å². The van der Waals surface area contributed by atoms with E-state index in [1.165, 1.54) is 38.5 Å². The molecule has 0 saturated heterocycles. The summed E-state index contributed by atoms with van der Waals surface area (Å²) in [4.78, 5) is 0. The Morgan fingerprint density at radius 3 is 1.80 bits per heavy atom. The molecule has 0 N–H and O–H groups in total. The van der Waals surface area contributed by atoms with Crippen molar-refractivity contribution in [2.75, 3.05) is 0 Å². The quantitative estimate of drug-likeness (QED) is 0.449. The van der Waals surface area contributed by atoms with Crippen LogP contribution >= 0.6 is 0 Å². The smallest absolute Gasteiger partial charge is 0.0319 e. The van der Waals surface area contributed by atoms with Crippen LogP contribution in [0.25, 0.3) is 0 Å². The molecule has 0 heterocycles. The van der Waals surface area contributed by atoms with E-state index in [9.17, 15) is 0 Å². The average molecular weight is 136 g/mol. The van der Waals surface area contributed by atoms with Crippen molar-refractivity contribution in [1.82, 2.24) is 0 Å². The van der Waals surface area contributed by atoms with Gasteiger partial charge in [-0.3, -0.25) is 0 Å². The molecule has 1 saturated carbocycles. The summed E-state index contributed by atoms with van der Waals surface area (Å²) in [7, 11) is 0. The van der Waals surface area contributed by atoms with E-state index in [2.05, 4.69) is 12.2 Å². The number of rotatable bonds is 0. The van der Waals surface area contributed by atoms with Gasteiger partial charge in [-0.15, -0.1) is 0 Å². The highest BCUT2D eigenvalue weighted by Crippen LogP contribution is 2.37. The largest absolute Gasteiger partial charge is 0.0882 e. The molecule has 10 heavy (non-hydrogen) atoms. The van der Waals surface area contributed by atoms with Crippen molar-refractivity contribution in [3.05, 3.63) is 12.2 Å². The van der Waals surface area contributed by atoms with E-state index < -0.39 is 0 Å². The van der Waals surface area contributed by atoms with E-state index in [1.807, 2.05) is 0 Å². The SMILES string of the molecule is C1=CC[C@@H]2CCCC[C@H]2C1. The molecule has 1 fully saturated rings. The standard InChI is InChI=1S/C10H16/c1-2-6-10-8-4-3-7-9(10)5-1/h1-2,9-10H,3-8H2/t9-,10-/m1/s1. The molecule has 0 aliphatic heterocycles. The zero-order chi connectivity index (χ0) is 6.81. The van der Waals surface area contributed by atoms with Gasteiger partial charge in [0.1, 0.15) is 0 Å². The third-order valence-corrected chi connectivity index (χ3v) is 3.11. The Morgan fingerprint density at radius 2 is 1.30 bits per heavy atom. The molecule has 56 valence electrons. The Labute approximate surface area is 63.3 Å². The van der Waals surface area contributed by atoms with Crippen LogP contribution in [-0.2, 0) is 0 Å². The van der Waals surface area contributed by atoms with Gasteiger partial charge >= 0.3 is 0 Å². The van der Waals surface area contributed by atoms with Gasteiger partial charge < -0.3 is 0 Å². The topological polar surface area (TPSA) is 0 Å². The molecule has 0 aromatic rings. The predicted octanol–water partition coefficient (Wildman–Crippen LogP) is 3.14. The van der Waals surface area contributed by atoms with Crippen molar-refractivity contribution in [3.8, 4) is 0 Å². The first kappa shape index (κ1) is 6.45. The van der Waals surface area contributed by atoms with Gasteiger partial charge in [-0.05, 0) is 37.5 Å². The van der Waals surface area contributed by atoms with E-state index in [4.69, 9.17) is 0 Å². The maximum absolute atomic E-state index is 2.38. The number of hydrogen-bond acceptors (Lipinski definition) is 0. The average Bonchev–Trinajstić information content (AvgIpc) is 2.05. The highest BCUT2D eigenvalue weighted by atomic mass is 14.3. The Bertz CT molecular complexity index is 119.